The van der Waals surface area contributed by atoms with E-state index >= 15 is 0 Å². The van der Waals surface area contributed by atoms with E-state index < -0.39 is 5.41 Å². The van der Waals surface area contributed by atoms with Crippen LogP contribution in [0.15, 0.2) is 162 Å². The summed E-state index contributed by atoms with van der Waals surface area (Å²) in [6, 6.07) is 56.4. The van der Waals surface area contributed by atoms with Gasteiger partial charge in [-0.2, -0.15) is 0 Å². The molecular weight excluding hydrogens is 548 g/mol. The Morgan fingerprint density at radius 1 is 0.378 bits per heavy atom. The van der Waals surface area contributed by atoms with Crippen LogP contribution in [-0.4, -0.2) is 0 Å². The molecule has 0 fully saturated rings. The summed E-state index contributed by atoms with van der Waals surface area (Å²) in [6.07, 6.45) is 0. The van der Waals surface area contributed by atoms with E-state index in [0.717, 1.165) is 50.1 Å². The number of benzene rings is 7. The third kappa shape index (κ3) is 3.29. The Morgan fingerprint density at radius 2 is 0.978 bits per heavy atom. The monoisotopic (exact) mass is 574 g/mol. The number of hydrogen-bond donors (Lipinski definition) is 0. The van der Waals surface area contributed by atoms with Crippen LogP contribution in [-0.2, 0) is 5.41 Å². The summed E-state index contributed by atoms with van der Waals surface area (Å²) >= 11 is 0. The molecule has 2 nitrogen and oxygen atoms in total. The zero-order valence-electron chi connectivity index (χ0n) is 24.3. The van der Waals surface area contributed by atoms with E-state index in [1.165, 1.54) is 38.9 Å². The minimum Gasteiger partial charge on any atom is -0.457 e. The number of rotatable bonds is 2. The second-order valence-electron chi connectivity index (χ2n) is 12.0. The fourth-order valence-electron chi connectivity index (χ4n) is 7.92. The molecule has 0 saturated heterocycles. The van der Waals surface area contributed by atoms with Crippen molar-refractivity contribution in [3.63, 3.8) is 0 Å². The minimum atomic E-state index is -0.449. The molecule has 210 valence electrons. The normalized spacial score (nSPS) is 13.7. The van der Waals surface area contributed by atoms with E-state index in [4.69, 9.17) is 9.15 Å². The zero-order valence-corrected chi connectivity index (χ0v) is 24.3. The van der Waals surface area contributed by atoms with E-state index in [1.807, 2.05) is 12.1 Å². The Hall–Kier alpha value is -5.86. The first kappa shape index (κ1) is 24.6. The highest BCUT2D eigenvalue weighted by atomic mass is 16.5. The largest absolute Gasteiger partial charge is 0.457 e. The first-order valence-electron chi connectivity index (χ1n) is 15.4. The molecule has 10 rings (SSSR count). The molecular formula is C43H26O2. The maximum Gasteiger partial charge on any atom is 0.136 e. The van der Waals surface area contributed by atoms with Gasteiger partial charge in [0.15, 0.2) is 0 Å². The van der Waals surface area contributed by atoms with Crippen LogP contribution in [0.3, 0.4) is 0 Å². The van der Waals surface area contributed by atoms with E-state index in [2.05, 4.69) is 146 Å². The molecule has 1 spiro atoms. The highest BCUT2D eigenvalue weighted by molar-refractivity contribution is 6.12. The van der Waals surface area contributed by atoms with Crippen LogP contribution in [0.25, 0.3) is 55.3 Å². The molecule has 2 aliphatic rings. The van der Waals surface area contributed by atoms with Gasteiger partial charge in [-0.3, -0.25) is 0 Å². The molecule has 7 aromatic carbocycles. The molecule has 0 N–H and O–H groups in total. The average molecular weight is 575 g/mol. The number of ether oxygens (including phenoxy) is 1. The smallest absolute Gasteiger partial charge is 0.136 e. The average Bonchev–Trinajstić information content (AvgIpc) is 3.63. The van der Waals surface area contributed by atoms with Crippen LogP contribution in [0, 0.1) is 0 Å². The summed E-state index contributed by atoms with van der Waals surface area (Å²) in [5.41, 5.74) is 13.5. The first-order chi connectivity index (χ1) is 22.3. The van der Waals surface area contributed by atoms with Crippen molar-refractivity contribution in [1.82, 2.24) is 0 Å². The van der Waals surface area contributed by atoms with Gasteiger partial charge < -0.3 is 9.15 Å². The molecule has 1 aliphatic heterocycles. The van der Waals surface area contributed by atoms with Crippen molar-refractivity contribution in [1.29, 1.82) is 0 Å². The highest BCUT2D eigenvalue weighted by Crippen LogP contribution is 2.62. The predicted molar refractivity (Wildman–Crippen MR) is 182 cm³/mol. The number of fused-ring (bicyclic) bond motifs is 12. The molecule has 0 bridgehead atoms. The molecule has 0 amide bonds. The van der Waals surface area contributed by atoms with Crippen LogP contribution in [0.5, 0.6) is 11.5 Å². The van der Waals surface area contributed by atoms with Crippen molar-refractivity contribution in [3.05, 3.63) is 180 Å². The van der Waals surface area contributed by atoms with E-state index in [-0.39, 0.29) is 0 Å². The quantitative estimate of drug-likeness (QED) is 0.205. The van der Waals surface area contributed by atoms with Gasteiger partial charge in [0.05, 0.1) is 5.41 Å². The van der Waals surface area contributed by atoms with Crippen LogP contribution in [0.2, 0.25) is 0 Å². The standard InChI is InChI=1S/C43H26O2/c1-4-17-34-31(13-1)32-14-2-5-18-35(32)43(34)36-19-6-8-21-39(36)45-41-26-28(23-24-37(41)43)27-11-9-12-29(25-27)30-16-10-22-40-42(30)33-15-3-7-20-38(33)44-40/h1-26H. The van der Waals surface area contributed by atoms with Gasteiger partial charge in [-0.1, -0.05) is 127 Å². The van der Waals surface area contributed by atoms with Gasteiger partial charge in [0.2, 0.25) is 0 Å². The Morgan fingerprint density at radius 3 is 1.82 bits per heavy atom. The Kier molecular flexibility index (Phi) is 4.95. The van der Waals surface area contributed by atoms with Crippen molar-refractivity contribution in [2.75, 3.05) is 0 Å². The molecule has 2 heteroatoms. The summed E-state index contributed by atoms with van der Waals surface area (Å²) in [4.78, 5) is 0. The van der Waals surface area contributed by atoms with E-state index in [1.54, 1.807) is 0 Å². The summed E-state index contributed by atoms with van der Waals surface area (Å²) in [5, 5.41) is 2.29. The molecule has 0 saturated carbocycles. The van der Waals surface area contributed by atoms with Crippen molar-refractivity contribution in [3.8, 4) is 44.9 Å². The van der Waals surface area contributed by atoms with Gasteiger partial charge in [0, 0.05) is 21.9 Å². The zero-order chi connectivity index (χ0) is 29.5. The van der Waals surface area contributed by atoms with E-state index in [9.17, 15) is 0 Å². The summed E-state index contributed by atoms with van der Waals surface area (Å²) in [7, 11) is 0. The molecule has 45 heavy (non-hydrogen) atoms. The maximum atomic E-state index is 6.75. The fourth-order valence-corrected chi connectivity index (χ4v) is 7.92. The maximum absolute atomic E-state index is 6.75. The molecule has 0 atom stereocenters. The Labute approximate surface area is 260 Å². The van der Waals surface area contributed by atoms with Gasteiger partial charge in [-0.25, -0.2) is 0 Å². The van der Waals surface area contributed by atoms with Crippen molar-refractivity contribution in [2.45, 2.75) is 5.41 Å². The van der Waals surface area contributed by atoms with Crippen molar-refractivity contribution in [2.24, 2.45) is 0 Å². The third-order valence-electron chi connectivity index (χ3n) is 9.76. The molecule has 1 aliphatic carbocycles. The highest BCUT2D eigenvalue weighted by Gasteiger charge is 2.50. The summed E-state index contributed by atoms with van der Waals surface area (Å²) in [5.74, 6) is 1.80. The second kappa shape index (κ2) is 9.07. The van der Waals surface area contributed by atoms with Crippen molar-refractivity contribution >= 4 is 21.9 Å². The fraction of sp³-hybridized carbons (Fsp3) is 0.0233. The Bertz CT molecular complexity index is 2430. The van der Waals surface area contributed by atoms with Gasteiger partial charge in [-0.05, 0) is 74.8 Å². The van der Waals surface area contributed by atoms with Gasteiger partial charge in [0.1, 0.15) is 22.7 Å². The van der Waals surface area contributed by atoms with Crippen LogP contribution >= 0.6 is 0 Å². The number of furan rings is 1. The number of hydrogen-bond acceptors (Lipinski definition) is 2. The first-order valence-corrected chi connectivity index (χ1v) is 15.4. The lowest BCUT2D eigenvalue weighted by molar-refractivity contribution is 0.436. The molecule has 0 radical (unpaired) electrons. The molecule has 8 aromatic rings. The third-order valence-corrected chi connectivity index (χ3v) is 9.76. The lowest BCUT2D eigenvalue weighted by Gasteiger charge is -2.39. The van der Waals surface area contributed by atoms with Gasteiger partial charge in [0.25, 0.3) is 0 Å². The lowest BCUT2D eigenvalue weighted by Crippen LogP contribution is -2.32. The van der Waals surface area contributed by atoms with Crippen LogP contribution in [0.4, 0.5) is 0 Å². The van der Waals surface area contributed by atoms with Gasteiger partial charge >= 0.3 is 0 Å². The number of para-hydroxylation sites is 2. The van der Waals surface area contributed by atoms with Crippen LogP contribution < -0.4 is 4.74 Å². The van der Waals surface area contributed by atoms with Gasteiger partial charge in [-0.15, -0.1) is 0 Å². The summed E-state index contributed by atoms with van der Waals surface area (Å²) < 4.78 is 13.0. The molecule has 0 unspecified atom stereocenters. The molecule has 2 heterocycles. The van der Waals surface area contributed by atoms with Crippen LogP contribution in [0.1, 0.15) is 22.3 Å². The second-order valence-corrected chi connectivity index (χ2v) is 12.0. The minimum absolute atomic E-state index is 0.449. The van der Waals surface area contributed by atoms with Crippen molar-refractivity contribution < 1.29 is 9.15 Å². The molecule has 1 aromatic heterocycles. The Balaban J connectivity index is 1.17. The predicted octanol–water partition coefficient (Wildman–Crippen LogP) is 11.4. The van der Waals surface area contributed by atoms with E-state index in [0.29, 0.717) is 0 Å². The summed E-state index contributed by atoms with van der Waals surface area (Å²) in [6.45, 7) is 0. The lowest BCUT2D eigenvalue weighted by atomic mass is 9.66. The SMILES string of the molecule is c1cc(-c2ccc3c(c2)Oc2ccccc2C32c3ccccc3-c3ccccc32)cc(-c2cccc3oc4ccccc4c23)c1. The topological polar surface area (TPSA) is 22.4 Å².